The Hall–Kier alpha value is -2.91. The lowest BCUT2D eigenvalue weighted by molar-refractivity contribution is 0.0302. The molecular formula is C18H18N6O2S. The van der Waals surface area contributed by atoms with Crippen LogP contribution in [-0.2, 0) is 4.74 Å². The van der Waals surface area contributed by atoms with E-state index in [4.69, 9.17) is 4.74 Å². The van der Waals surface area contributed by atoms with Crippen molar-refractivity contribution in [2.24, 2.45) is 0 Å². The zero-order valence-corrected chi connectivity index (χ0v) is 15.6. The normalized spacial score (nSPS) is 14.2. The van der Waals surface area contributed by atoms with Crippen LogP contribution in [0.3, 0.4) is 0 Å². The second-order valence-electron chi connectivity index (χ2n) is 6.05. The Morgan fingerprint density at radius 1 is 1.22 bits per heavy atom. The third kappa shape index (κ3) is 3.93. The minimum Gasteiger partial charge on any atom is -0.378 e. The van der Waals surface area contributed by atoms with Crippen LogP contribution in [0.25, 0.3) is 11.5 Å². The number of hydrogen-bond donors (Lipinski definition) is 1. The molecule has 0 aliphatic carbocycles. The average Bonchev–Trinajstić information content (AvgIpc) is 3.18. The molecule has 27 heavy (non-hydrogen) atoms. The lowest BCUT2D eigenvalue weighted by Crippen LogP contribution is -2.40. The standard InChI is InChI=1S/C18H18N6O2S/c1-12-3-2-6-19-15(12)21-18-22-16(23-27-18)14-5-4-13(11-20-14)17(25)24-7-9-26-10-8-24/h2-6,11H,7-10H2,1H3,(H,19,21,22,23). The van der Waals surface area contributed by atoms with Gasteiger partial charge in [-0.3, -0.25) is 9.78 Å². The smallest absolute Gasteiger partial charge is 0.255 e. The minimum atomic E-state index is -0.0310. The van der Waals surface area contributed by atoms with Crippen LogP contribution >= 0.6 is 11.5 Å². The highest BCUT2D eigenvalue weighted by Gasteiger charge is 2.19. The zero-order valence-electron chi connectivity index (χ0n) is 14.8. The minimum absolute atomic E-state index is 0.0310. The molecule has 0 unspecified atom stereocenters. The number of aromatic nitrogens is 4. The number of morpholine rings is 1. The van der Waals surface area contributed by atoms with Crippen molar-refractivity contribution in [3.8, 4) is 11.5 Å². The molecule has 1 saturated heterocycles. The Kier molecular flexibility index (Phi) is 5.03. The van der Waals surface area contributed by atoms with Crippen molar-refractivity contribution in [1.82, 2.24) is 24.2 Å². The highest BCUT2D eigenvalue weighted by molar-refractivity contribution is 7.09. The van der Waals surface area contributed by atoms with E-state index in [0.717, 1.165) is 11.4 Å². The van der Waals surface area contributed by atoms with Gasteiger partial charge in [0.25, 0.3) is 5.91 Å². The summed E-state index contributed by atoms with van der Waals surface area (Å²) < 4.78 is 9.62. The van der Waals surface area contributed by atoms with Crippen molar-refractivity contribution >= 4 is 28.4 Å². The predicted octanol–water partition coefficient (Wildman–Crippen LogP) is 2.52. The fourth-order valence-electron chi connectivity index (χ4n) is 2.70. The van der Waals surface area contributed by atoms with Crippen LogP contribution in [0, 0.1) is 6.92 Å². The molecule has 138 valence electrons. The molecule has 8 nitrogen and oxygen atoms in total. The summed E-state index contributed by atoms with van der Waals surface area (Å²) >= 11 is 1.24. The Labute approximate surface area is 160 Å². The van der Waals surface area contributed by atoms with Crippen molar-refractivity contribution < 1.29 is 9.53 Å². The average molecular weight is 382 g/mol. The number of carbonyl (C=O) groups is 1. The maximum atomic E-state index is 12.5. The first-order chi connectivity index (χ1) is 13.2. The summed E-state index contributed by atoms with van der Waals surface area (Å²) in [5.41, 5.74) is 2.20. The highest BCUT2D eigenvalue weighted by Crippen LogP contribution is 2.23. The lowest BCUT2D eigenvalue weighted by Gasteiger charge is -2.26. The Balaban J connectivity index is 1.47. The van der Waals surface area contributed by atoms with Crippen LogP contribution in [0.15, 0.2) is 36.7 Å². The predicted molar refractivity (Wildman–Crippen MR) is 102 cm³/mol. The Morgan fingerprint density at radius 2 is 2.07 bits per heavy atom. The summed E-state index contributed by atoms with van der Waals surface area (Å²) in [5, 5.41) is 3.81. The summed E-state index contributed by atoms with van der Waals surface area (Å²) in [7, 11) is 0. The van der Waals surface area contributed by atoms with Gasteiger partial charge in [-0.15, -0.1) is 0 Å². The molecule has 0 aromatic carbocycles. The number of rotatable bonds is 4. The van der Waals surface area contributed by atoms with Gasteiger partial charge in [-0.1, -0.05) is 6.07 Å². The Morgan fingerprint density at radius 3 is 2.81 bits per heavy atom. The van der Waals surface area contributed by atoms with Gasteiger partial charge < -0.3 is 15.0 Å². The van der Waals surface area contributed by atoms with Crippen molar-refractivity contribution in [1.29, 1.82) is 0 Å². The van der Waals surface area contributed by atoms with Gasteiger partial charge >= 0.3 is 0 Å². The van der Waals surface area contributed by atoms with E-state index in [1.165, 1.54) is 11.5 Å². The van der Waals surface area contributed by atoms with Crippen molar-refractivity contribution in [3.05, 3.63) is 47.8 Å². The van der Waals surface area contributed by atoms with Crippen LogP contribution in [0.4, 0.5) is 10.9 Å². The molecule has 1 aliphatic heterocycles. The van der Waals surface area contributed by atoms with Gasteiger partial charge in [0.1, 0.15) is 11.5 Å². The highest BCUT2D eigenvalue weighted by atomic mass is 32.1. The number of nitrogens with zero attached hydrogens (tertiary/aromatic N) is 5. The molecule has 3 aromatic heterocycles. The van der Waals surface area contributed by atoms with E-state index in [0.29, 0.717) is 48.5 Å². The first-order valence-electron chi connectivity index (χ1n) is 8.56. The van der Waals surface area contributed by atoms with E-state index >= 15 is 0 Å². The van der Waals surface area contributed by atoms with Crippen LogP contribution in [-0.4, -0.2) is 56.4 Å². The first kappa shape index (κ1) is 17.5. The molecule has 4 rings (SSSR count). The maximum Gasteiger partial charge on any atom is 0.255 e. The zero-order chi connectivity index (χ0) is 18.6. The SMILES string of the molecule is Cc1cccnc1Nc1nc(-c2ccc(C(=O)N3CCOCC3)cn2)ns1. The van der Waals surface area contributed by atoms with Crippen molar-refractivity contribution in [3.63, 3.8) is 0 Å². The Bertz CT molecular complexity index is 937. The second kappa shape index (κ2) is 7.77. The molecule has 1 N–H and O–H groups in total. The number of aryl methyl sites for hydroxylation is 1. The molecule has 0 atom stereocenters. The summed E-state index contributed by atoms with van der Waals surface area (Å²) in [6.45, 7) is 4.34. The third-order valence-corrected chi connectivity index (χ3v) is 4.83. The fourth-order valence-corrected chi connectivity index (χ4v) is 3.27. The van der Waals surface area contributed by atoms with Gasteiger partial charge in [-0.05, 0) is 30.7 Å². The van der Waals surface area contributed by atoms with Gasteiger partial charge in [0, 0.05) is 37.0 Å². The quantitative estimate of drug-likeness (QED) is 0.741. The van der Waals surface area contributed by atoms with Crippen LogP contribution < -0.4 is 5.32 Å². The number of amides is 1. The molecule has 1 amide bonds. The molecule has 3 aromatic rings. The summed E-state index contributed by atoms with van der Waals surface area (Å²) in [4.78, 5) is 27.4. The van der Waals surface area contributed by atoms with E-state index in [1.54, 1.807) is 29.4 Å². The second-order valence-corrected chi connectivity index (χ2v) is 6.81. The number of carbonyl (C=O) groups excluding carboxylic acids is 1. The number of nitrogens with one attached hydrogen (secondary N) is 1. The van der Waals surface area contributed by atoms with E-state index in [2.05, 4.69) is 24.6 Å². The molecule has 4 heterocycles. The molecule has 0 radical (unpaired) electrons. The summed E-state index contributed by atoms with van der Waals surface area (Å²) in [6.07, 6.45) is 3.30. The first-order valence-corrected chi connectivity index (χ1v) is 9.34. The molecule has 0 spiro atoms. The van der Waals surface area contributed by atoms with Crippen molar-refractivity contribution in [2.45, 2.75) is 6.92 Å². The van der Waals surface area contributed by atoms with Gasteiger partial charge in [0.05, 0.1) is 18.8 Å². The number of ether oxygens (including phenoxy) is 1. The number of anilines is 2. The monoisotopic (exact) mass is 382 g/mol. The molecule has 0 bridgehead atoms. The number of pyridine rings is 2. The molecule has 9 heteroatoms. The maximum absolute atomic E-state index is 12.5. The largest absolute Gasteiger partial charge is 0.378 e. The van der Waals surface area contributed by atoms with Crippen molar-refractivity contribution in [2.75, 3.05) is 31.6 Å². The fraction of sp³-hybridized carbons (Fsp3) is 0.278. The van der Waals surface area contributed by atoms with E-state index in [-0.39, 0.29) is 5.91 Å². The molecule has 1 fully saturated rings. The molecule has 0 saturated carbocycles. The van der Waals surface area contributed by atoms with Gasteiger partial charge in [0.2, 0.25) is 5.13 Å². The van der Waals surface area contributed by atoms with E-state index in [1.807, 2.05) is 19.1 Å². The van der Waals surface area contributed by atoms with Gasteiger partial charge in [-0.25, -0.2) is 4.98 Å². The topological polar surface area (TPSA) is 93.1 Å². The van der Waals surface area contributed by atoms with Gasteiger partial charge in [0.15, 0.2) is 5.82 Å². The summed E-state index contributed by atoms with van der Waals surface area (Å²) in [6, 6.07) is 7.39. The summed E-state index contributed by atoms with van der Waals surface area (Å²) in [5.74, 6) is 1.23. The molecular weight excluding hydrogens is 364 g/mol. The van der Waals surface area contributed by atoms with Crippen LogP contribution in [0.2, 0.25) is 0 Å². The third-order valence-electron chi connectivity index (χ3n) is 4.20. The van der Waals surface area contributed by atoms with E-state index in [9.17, 15) is 4.79 Å². The number of hydrogen-bond acceptors (Lipinski definition) is 8. The van der Waals surface area contributed by atoms with Gasteiger partial charge in [-0.2, -0.15) is 9.36 Å². The van der Waals surface area contributed by atoms with Crippen LogP contribution in [0.5, 0.6) is 0 Å². The van der Waals surface area contributed by atoms with Crippen LogP contribution in [0.1, 0.15) is 15.9 Å². The molecule has 1 aliphatic rings. The lowest BCUT2D eigenvalue weighted by atomic mass is 10.2. The van der Waals surface area contributed by atoms with E-state index < -0.39 is 0 Å².